The average molecular weight is 501 g/mol. The Bertz CT molecular complexity index is 1500. The molecule has 0 spiro atoms. The van der Waals surface area contributed by atoms with Gasteiger partial charge in [0.15, 0.2) is 0 Å². The van der Waals surface area contributed by atoms with Crippen molar-refractivity contribution >= 4 is 22.7 Å². The van der Waals surface area contributed by atoms with Gasteiger partial charge in [-0.2, -0.15) is 0 Å². The first-order chi connectivity index (χ1) is 17.6. The van der Waals surface area contributed by atoms with Crippen LogP contribution in [0, 0.1) is 12.7 Å². The Balaban J connectivity index is 2.00. The quantitative estimate of drug-likeness (QED) is 0.387. The lowest BCUT2D eigenvalue weighted by Crippen LogP contribution is -2.37. The SMILES string of the molecule is COc1cc(C(N)=O)cc(-c2ccc3ncc(-c4cc(C)cc(F)c4)c(C(=O)N(C)CC(C)N)c3c2)c1. The standard InChI is InChI=1S/C29H29FN4O3/c1-16-7-20(10-22(30)8-16)25-14-33-26-6-5-18(19-9-21(28(32)35)12-23(11-19)37-4)13-24(26)27(25)29(36)34(3)15-17(2)31/h5-14,17H,15,31H2,1-4H3,(H2,32,35). The topological polar surface area (TPSA) is 112 Å². The van der Waals surface area contributed by atoms with E-state index in [1.165, 1.54) is 19.2 Å². The molecule has 1 unspecified atom stereocenters. The smallest absolute Gasteiger partial charge is 0.255 e. The van der Waals surface area contributed by atoms with Crippen molar-refractivity contribution in [3.63, 3.8) is 0 Å². The van der Waals surface area contributed by atoms with Crippen molar-refractivity contribution in [3.05, 3.63) is 83.3 Å². The van der Waals surface area contributed by atoms with Crippen LogP contribution in [-0.2, 0) is 0 Å². The molecule has 0 aliphatic rings. The number of carbonyl (C=O) groups excluding carboxylic acids is 2. The fourth-order valence-electron chi connectivity index (χ4n) is 4.44. The molecule has 1 heterocycles. The molecule has 1 atom stereocenters. The van der Waals surface area contributed by atoms with Crippen molar-refractivity contribution in [2.45, 2.75) is 19.9 Å². The highest BCUT2D eigenvalue weighted by Gasteiger charge is 2.23. The number of methoxy groups -OCH3 is 1. The first kappa shape index (κ1) is 25.8. The second kappa shape index (κ2) is 10.4. The number of hydrogen-bond donors (Lipinski definition) is 2. The molecule has 37 heavy (non-hydrogen) atoms. The molecule has 0 aliphatic carbocycles. The number of primary amides is 1. The number of fused-ring (bicyclic) bond motifs is 1. The third-order valence-corrected chi connectivity index (χ3v) is 6.10. The van der Waals surface area contributed by atoms with Gasteiger partial charge in [0.25, 0.3) is 5.91 Å². The maximum absolute atomic E-state index is 14.4. The number of ether oxygens (including phenoxy) is 1. The summed E-state index contributed by atoms with van der Waals surface area (Å²) < 4.78 is 19.7. The summed E-state index contributed by atoms with van der Waals surface area (Å²) in [6.07, 6.45) is 1.60. The molecule has 0 aliphatic heterocycles. The molecular weight excluding hydrogens is 471 g/mol. The van der Waals surface area contributed by atoms with Crippen molar-refractivity contribution in [2.75, 3.05) is 20.7 Å². The molecule has 0 bridgehead atoms. The number of nitrogens with two attached hydrogens (primary N) is 2. The monoisotopic (exact) mass is 500 g/mol. The minimum atomic E-state index is -0.584. The van der Waals surface area contributed by atoms with E-state index in [-0.39, 0.29) is 11.9 Å². The van der Waals surface area contributed by atoms with Crippen LogP contribution in [-0.4, -0.2) is 48.4 Å². The van der Waals surface area contributed by atoms with Gasteiger partial charge in [-0.1, -0.05) is 12.1 Å². The molecule has 4 rings (SSSR count). The van der Waals surface area contributed by atoms with Gasteiger partial charge in [-0.25, -0.2) is 4.39 Å². The van der Waals surface area contributed by atoms with E-state index < -0.39 is 11.7 Å². The number of aryl methyl sites for hydroxylation is 1. The van der Waals surface area contributed by atoms with Gasteiger partial charge in [0.1, 0.15) is 11.6 Å². The van der Waals surface area contributed by atoms with E-state index in [1.807, 2.05) is 25.1 Å². The highest BCUT2D eigenvalue weighted by molar-refractivity contribution is 6.12. The van der Waals surface area contributed by atoms with Gasteiger partial charge in [0, 0.05) is 42.3 Å². The third kappa shape index (κ3) is 5.44. The molecule has 190 valence electrons. The van der Waals surface area contributed by atoms with Gasteiger partial charge in [-0.05, 0) is 78.6 Å². The zero-order valence-electron chi connectivity index (χ0n) is 21.2. The number of carbonyl (C=O) groups is 2. The van der Waals surface area contributed by atoms with E-state index in [2.05, 4.69) is 4.98 Å². The van der Waals surface area contributed by atoms with Crippen LogP contribution in [0.4, 0.5) is 4.39 Å². The number of hydrogen-bond acceptors (Lipinski definition) is 5. The lowest BCUT2D eigenvalue weighted by atomic mass is 9.93. The minimum absolute atomic E-state index is 0.235. The zero-order valence-corrected chi connectivity index (χ0v) is 21.2. The van der Waals surface area contributed by atoms with Gasteiger partial charge in [0.05, 0.1) is 18.2 Å². The summed E-state index contributed by atoms with van der Waals surface area (Å²) in [6.45, 7) is 3.95. The summed E-state index contributed by atoms with van der Waals surface area (Å²) in [5.74, 6) is -0.773. The minimum Gasteiger partial charge on any atom is -0.497 e. The van der Waals surface area contributed by atoms with Crippen molar-refractivity contribution in [1.29, 1.82) is 0 Å². The molecule has 7 nitrogen and oxygen atoms in total. The van der Waals surface area contributed by atoms with Crippen LogP contribution in [0.1, 0.15) is 33.2 Å². The van der Waals surface area contributed by atoms with Gasteiger partial charge in [-0.3, -0.25) is 14.6 Å². The van der Waals surface area contributed by atoms with Crippen molar-refractivity contribution < 1.29 is 18.7 Å². The third-order valence-electron chi connectivity index (χ3n) is 6.10. The summed E-state index contributed by atoms with van der Waals surface area (Å²) in [4.78, 5) is 31.8. The highest BCUT2D eigenvalue weighted by atomic mass is 19.1. The van der Waals surface area contributed by atoms with Gasteiger partial charge < -0.3 is 21.1 Å². The predicted molar refractivity (Wildman–Crippen MR) is 143 cm³/mol. The van der Waals surface area contributed by atoms with Crippen LogP contribution in [0.5, 0.6) is 5.75 Å². The Labute approximate surface area is 214 Å². The molecule has 0 radical (unpaired) electrons. The molecule has 3 aromatic carbocycles. The molecule has 2 amide bonds. The van der Waals surface area contributed by atoms with Crippen LogP contribution in [0.25, 0.3) is 33.2 Å². The van der Waals surface area contributed by atoms with Gasteiger partial charge >= 0.3 is 0 Å². The number of nitrogens with zero attached hydrogens (tertiary/aromatic N) is 2. The van der Waals surface area contributed by atoms with Crippen molar-refractivity contribution in [2.24, 2.45) is 11.5 Å². The predicted octanol–water partition coefficient (Wildman–Crippen LogP) is 4.54. The molecule has 0 fully saturated rings. The van der Waals surface area contributed by atoms with E-state index in [4.69, 9.17) is 16.2 Å². The maximum atomic E-state index is 14.4. The molecule has 0 saturated carbocycles. The van der Waals surface area contributed by atoms with E-state index >= 15 is 0 Å². The average Bonchev–Trinajstić information content (AvgIpc) is 2.85. The summed E-state index contributed by atoms with van der Waals surface area (Å²) in [5, 5.41) is 0.585. The van der Waals surface area contributed by atoms with E-state index in [9.17, 15) is 14.0 Å². The van der Waals surface area contributed by atoms with Gasteiger partial charge in [0.2, 0.25) is 5.91 Å². The molecule has 0 saturated heterocycles. The first-order valence-corrected chi connectivity index (χ1v) is 11.8. The van der Waals surface area contributed by atoms with E-state index in [0.717, 1.165) is 11.1 Å². The number of aromatic nitrogens is 1. The summed E-state index contributed by atoms with van der Waals surface area (Å²) in [7, 11) is 3.19. The fourth-order valence-corrected chi connectivity index (χ4v) is 4.44. The zero-order chi connectivity index (χ0) is 26.9. The number of halogens is 1. The van der Waals surface area contributed by atoms with Gasteiger partial charge in [-0.15, -0.1) is 0 Å². The first-order valence-electron chi connectivity index (χ1n) is 11.8. The Morgan fingerprint density at radius 1 is 1.05 bits per heavy atom. The molecular formula is C29H29FN4O3. The normalized spacial score (nSPS) is 11.8. The number of likely N-dealkylation sites (N-methyl/N-ethyl adjacent to an activating group) is 1. The fraction of sp³-hybridized carbons (Fsp3) is 0.207. The summed E-state index contributed by atoms with van der Waals surface area (Å²) in [5.41, 5.74) is 16.0. The van der Waals surface area contributed by atoms with Crippen LogP contribution in [0.3, 0.4) is 0 Å². The van der Waals surface area contributed by atoms with Crippen molar-refractivity contribution in [3.8, 4) is 28.0 Å². The van der Waals surface area contributed by atoms with Crippen LogP contribution in [0.2, 0.25) is 0 Å². The van der Waals surface area contributed by atoms with Crippen molar-refractivity contribution in [1.82, 2.24) is 9.88 Å². The Morgan fingerprint density at radius 3 is 2.46 bits per heavy atom. The largest absolute Gasteiger partial charge is 0.497 e. The Hall–Kier alpha value is -4.30. The van der Waals surface area contributed by atoms with E-state index in [1.54, 1.807) is 49.3 Å². The summed E-state index contributed by atoms with van der Waals surface area (Å²) >= 11 is 0. The lowest BCUT2D eigenvalue weighted by Gasteiger charge is -2.22. The number of rotatable bonds is 7. The molecule has 8 heteroatoms. The van der Waals surface area contributed by atoms with Crippen LogP contribution >= 0.6 is 0 Å². The lowest BCUT2D eigenvalue weighted by molar-refractivity contribution is 0.0791. The van der Waals surface area contributed by atoms with E-state index in [0.29, 0.717) is 51.0 Å². The number of amides is 2. The highest BCUT2D eigenvalue weighted by Crippen LogP contribution is 2.34. The van der Waals surface area contributed by atoms with Crippen LogP contribution < -0.4 is 16.2 Å². The van der Waals surface area contributed by atoms with Crippen LogP contribution in [0.15, 0.2) is 60.8 Å². The second-order valence-corrected chi connectivity index (χ2v) is 9.27. The molecule has 4 aromatic rings. The molecule has 4 N–H and O–H groups in total. The number of pyridine rings is 1. The Morgan fingerprint density at radius 2 is 1.81 bits per heavy atom. The summed E-state index contributed by atoms with van der Waals surface area (Å²) in [6, 6.07) is 14.9. The number of benzene rings is 3. The Kier molecular flexibility index (Phi) is 7.22. The second-order valence-electron chi connectivity index (χ2n) is 9.27. The maximum Gasteiger partial charge on any atom is 0.255 e. The molecule has 1 aromatic heterocycles.